The summed E-state index contributed by atoms with van der Waals surface area (Å²) in [6.07, 6.45) is 2.34. The van der Waals surface area contributed by atoms with E-state index in [1.54, 1.807) is 14.0 Å². The third-order valence-electron chi connectivity index (χ3n) is 7.14. The molecule has 2 aliphatic rings. The molecule has 1 fully saturated rings. The van der Waals surface area contributed by atoms with Crippen LogP contribution in [0.5, 0.6) is 5.75 Å². The SMILES string of the molecule is CCCNC(=O)N1CCc2c(-c3cccc(OC)c3)ccc(CNC(=O)C3CC3c3nc(C)no3)c2C1. The molecule has 2 atom stereocenters. The summed E-state index contributed by atoms with van der Waals surface area (Å²) in [5, 5.41) is 9.93. The number of hydrogen-bond donors (Lipinski definition) is 2. The van der Waals surface area contributed by atoms with Crippen LogP contribution >= 0.6 is 0 Å². The highest BCUT2D eigenvalue weighted by atomic mass is 16.5. The standard InChI is InChI=1S/C28H33N5O4/c1-4-11-29-28(35)33-12-10-22-21(18-6-5-7-20(13-18)36-3)9-8-19(25(22)16-33)15-30-26(34)23-14-24(23)27-31-17(2)32-37-27/h5-9,13,23-24H,4,10-12,14-16H2,1-3H3,(H,29,35)(H,30,34). The van der Waals surface area contributed by atoms with Crippen molar-refractivity contribution in [2.24, 2.45) is 5.92 Å². The van der Waals surface area contributed by atoms with Crippen LogP contribution in [0, 0.1) is 12.8 Å². The number of rotatable bonds is 8. The Kier molecular flexibility index (Phi) is 7.12. The van der Waals surface area contributed by atoms with Crippen molar-refractivity contribution < 1.29 is 18.8 Å². The molecule has 2 unspecified atom stereocenters. The molecular weight excluding hydrogens is 470 g/mol. The van der Waals surface area contributed by atoms with Gasteiger partial charge in [0.1, 0.15) is 5.75 Å². The molecule has 0 spiro atoms. The van der Waals surface area contributed by atoms with Crippen LogP contribution in [0.25, 0.3) is 11.1 Å². The zero-order valence-corrected chi connectivity index (χ0v) is 21.5. The molecule has 9 nitrogen and oxygen atoms in total. The maximum atomic E-state index is 12.9. The predicted molar refractivity (Wildman–Crippen MR) is 138 cm³/mol. The molecule has 1 aliphatic carbocycles. The van der Waals surface area contributed by atoms with E-state index in [2.05, 4.69) is 39.0 Å². The van der Waals surface area contributed by atoms with Crippen molar-refractivity contribution in [2.45, 2.75) is 52.1 Å². The van der Waals surface area contributed by atoms with Crippen LogP contribution in [0.4, 0.5) is 4.79 Å². The highest BCUT2D eigenvalue weighted by Crippen LogP contribution is 2.46. The van der Waals surface area contributed by atoms with Crippen LogP contribution in [-0.4, -0.2) is 47.2 Å². The van der Waals surface area contributed by atoms with Crippen molar-refractivity contribution in [3.8, 4) is 16.9 Å². The number of ether oxygens (including phenoxy) is 1. The maximum Gasteiger partial charge on any atom is 0.317 e. The molecule has 0 radical (unpaired) electrons. The third-order valence-corrected chi connectivity index (χ3v) is 7.14. The fraction of sp³-hybridized carbons (Fsp3) is 0.429. The van der Waals surface area contributed by atoms with E-state index in [1.165, 1.54) is 5.56 Å². The number of fused-ring (bicyclic) bond motifs is 1. The number of nitrogens with one attached hydrogen (secondary N) is 2. The summed E-state index contributed by atoms with van der Waals surface area (Å²) in [6.45, 7) is 6.00. The quantitative estimate of drug-likeness (QED) is 0.482. The summed E-state index contributed by atoms with van der Waals surface area (Å²) in [5.41, 5.74) is 5.54. The number of aromatic nitrogens is 2. The van der Waals surface area contributed by atoms with E-state index < -0.39 is 0 Å². The molecule has 37 heavy (non-hydrogen) atoms. The number of hydrogen-bond acceptors (Lipinski definition) is 6. The largest absolute Gasteiger partial charge is 0.497 e. The fourth-order valence-electron chi connectivity index (χ4n) is 5.02. The molecule has 0 bridgehead atoms. The molecule has 0 saturated heterocycles. The highest BCUT2D eigenvalue weighted by Gasteiger charge is 2.47. The van der Waals surface area contributed by atoms with Gasteiger partial charge in [0.05, 0.1) is 18.9 Å². The second kappa shape index (κ2) is 10.6. The number of carbonyl (C=O) groups excluding carboxylic acids is 2. The van der Waals surface area contributed by atoms with E-state index in [-0.39, 0.29) is 23.8 Å². The molecule has 3 aromatic rings. The Morgan fingerprint density at radius 1 is 1.19 bits per heavy atom. The van der Waals surface area contributed by atoms with E-state index in [0.717, 1.165) is 40.8 Å². The summed E-state index contributed by atoms with van der Waals surface area (Å²) in [7, 11) is 1.66. The van der Waals surface area contributed by atoms with Crippen molar-refractivity contribution in [2.75, 3.05) is 20.2 Å². The van der Waals surface area contributed by atoms with E-state index >= 15 is 0 Å². The lowest BCUT2D eigenvalue weighted by Crippen LogP contribution is -2.43. The lowest BCUT2D eigenvalue weighted by atomic mass is 9.87. The fourth-order valence-corrected chi connectivity index (χ4v) is 5.02. The number of methoxy groups -OCH3 is 1. The Morgan fingerprint density at radius 3 is 2.81 bits per heavy atom. The summed E-state index contributed by atoms with van der Waals surface area (Å²) < 4.78 is 10.7. The van der Waals surface area contributed by atoms with Crippen LogP contribution in [0.2, 0.25) is 0 Å². The molecule has 1 aromatic heterocycles. The number of benzene rings is 2. The number of aryl methyl sites for hydroxylation is 1. The van der Waals surface area contributed by atoms with Gasteiger partial charge >= 0.3 is 6.03 Å². The second-order valence-electron chi connectivity index (χ2n) is 9.71. The highest BCUT2D eigenvalue weighted by molar-refractivity contribution is 5.82. The van der Waals surface area contributed by atoms with Gasteiger partial charge in [0.25, 0.3) is 0 Å². The Bertz CT molecular complexity index is 1300. The first kappa shape index (κ1) is 24.8. The van der Waals surface area contributed by atoms with Gasteiger partial charge in [-0.15, -0.1) is 0 Å². The first-order valence-electron chi connectivity index (χ1n) is 12.9. The van der Waals surface area contributed by atoms with Crippen LogP contribution in [-0.2, 0) is 24.3 Å². The zero-order chi connectivity index (χ0) is 25.9. The summed E-state index contributed by atoms with van der Waals surface area (Å²) in [4.78, 5) is 31.8. The maximum absolute atomic E-state index is 12.9. The van der Waals surface area contributed by atoms with Crippen LogP contribution < -0.4 is 15.4 Å². The van der Waals surface area contributed by atoms with Gasteiger partial charge in [0.15, 0.2) is 5.82 Å². The minimum absolute atomic E-state index is 0.0108. The van der Waals surface area contributed by atoms with Gasteiger partial charge in [-0.3, -0.25) is 4.79 Å². The topological polar surface area (TPSA) is 110 Å². The van der Waals surface area contributed by atoms with Crippen molar-refractivity contribution in [3.05, 3.63) is 64.8 Å². The Hall–Kier alpha value is -3.88. The Labute approximate surface area is 216 Å². The number of urea groups is 1. The molecule has 194 valence electrons. The molecule has 2 heterocycles. The van der Waals surface area contributed by atoms with Crippen LogP contribution in [0.15, 0.2) is 40.9 Å². The smallest absolute Gasteiger partial charge is 0.317 e. The minimum atomic E-state index is -0.150. The van der Waals surface area contributed by atoms with Gasteiger partial charge in [-0.1, -0.05) is 36.3 Å². The Balaban J connectivity index is 1.37. The van der Waals surface area contributed by atoms with Gasteiger partial charge in [-0.2, -0.15) is 4.98 Å². The van der Waals surface area contributed by atoms with Gasteiger partial charge < -0.3 is 24.8 Å². The van der Waals surface area contributed by atoms with Crippen molar-refractivity contribution in [1.29, 1.82) is 0 Å². The number of nitrogens with zero attached hydrogens (tertiary/aromatic N) is 3. The first-order chi connectivity index (χ1) is 18.0. The number of amides is 3. The molecule has 1 aliphatic heterocycles. The summed E-state index contributed by atoms with van der Waals surface area (Å²) >= 11 is 0. The molecule has 5 rings (SSSR count). The average molecular weight is 504 g/mol. The first-order valence-corrected chi connectivity index (χ1v) is 12.9. The monoisotopic (exact) mass is 503 g/mol. The van der Waals surface area contributed by atoms with Crippen molar-refractivity contribution >= 4 is 11.9 Å². The van der Waals surface area contributed by atoms with Gasteiger partial charge in [0.2, 0.25) is 11.8 Å². The third kappa shape index (κ3) is 5.30. The molecular formula is C28H33N5O4. The van der Waals surface area contributed by atoms with Crippen molar-refractivity contribution in [3.63, 3.8) is 0 Å². The van der Waals surface area contributed by atoms with Crippen LogP contribution in [0.3, 0.4) is 0 Å². The molecule has 2 N–H and O–H groups in total. The summed E-state index contributed by atoms with van der Waals surface area (Å²) in [5.74, 6) is 1.74. The summed E-state index contributed by atoms with van der Waals surface area (Å²) in [6, 6.07) is 12.1. The molecule has 3 amide bonds. The van der Waals surface area contributed by atoms with E-state index in [9.17, 15) is 9.59 Å². The van der Waals surface area contributed by atoms with Crippen LogP contribution in [0.1, 0.15) is 54.1 Å². The molecule has 9 heteroatoms. The normalized spacial score (nSPS) is 18.2. The zero-order valence-electron chi connectivity index (χ0n) is 21.5. The second-order valence-corrected chi connectivity index (χ2v) is 9.71. The van der Waals surface area contributed by atoms with Gasteiger partial charge in [-0.25, -0.2) is 4.79 Å². The minimum Gasteiger partial charge on any atom is -0.497 e. The molecule has 2 aromatic carbocycles. The number of carbonyl (C=O) groups is 2. The van der Waals surface area contributed by atoms with Gasteiger partial charge in [0, 0.05) is 26.2 Å². The predicted octanol–water partition coefficient (Wildman–Crippen LogP) is 3.95. The van der Waals surface area contributed by atoms with Gasteiger partial charge in [-0.05, 0) is 66.1 Å². The van der Waals surface area contributed by atoms with Crippen molar-refractivity contribution in [1.82, 2.24) is 25.7 Å². The lowest BCUT2D eigenvalue weighted by Gasteiger charge is -2.32. The molecule has 1 saturated carbocycles. The van der Waals surface area contributed by atoms with E-state index in [4.69, 9.17) is 9.26 Å². The Morgan fingerprint density at radius 2 is 2.05 bits per heavy atom. The lowest BCUT2D eigenvalue weighted by molar-refractivity contribution is -0.122. The van der Waals surface area contributed by atoms with E-state index in [1.807, 2.05) is 30.0 Å². The van der Waals surface area contributed by atoms with E-state index in [0.29, 0.717) is 44.3 Å². The average Bonchev–Trinajstić information content (AvgIpc) is 3.62.